The topological polar surface area (TPSA) is 103 Å². The standard InChI is InChI=1S/C18H15N3O3/c1-10-15(18(23)24)6-13(8-19)17(21-10)12-4-2-11(3-5-12)14-7-16(22)20-9-14/h2-6,14H,7,9H2,1H3,(H,20,22)(H,23,24). The van der Waals surface area contributed by atoms with Crippen molar-refractivity contribution in [2.75, 3.05) is 6.54 Å². The number of carbonyl (C=O) groups excluding carboxylic acids is 1. The van der Waals surface area contributed by atoms with Gasteiger partial charge in [0.05, 0.1) is 22.5 Å². The van der Waals surface area contributed by atoms with Crippen LogP contribution in [0.1, 0.15) is 39.5 Å². The maximum Gasteiger partial charge on any atom is 0.337 e. The summed E-state index contributed by atoms with van der Waals surface area (Å²) in [6.07, 6.45) is 0.480. The minimum atomic E-state index is -1.10. The van der Waals surface area contributed by atoms with Gasteiger partial charge >= 0.3 is 5.97 Å². The predicted octanol–water partition coefficient (Wildman–Crippen LogP) is 2.23. The van der Waals surface area contributed by atoms with Crippen molar-refractivity contribution < 1.29 is 14.7 Å². The Hall–Kier alpha value is -3.20. The molecule has 120 valence electrons. The number of benzene rings is 1. The Kier molecular flexibility index (Phi) is 4.00. The van der Waals surface area contributed by atoms with Crippen LogP contribution in [-0.2, 0) is 4.79 Å². The van der Waals surface area contributed by atoms with Crippen molar-refractivity contribution in [1.29, 1.82) is 5.26 Å². The molecule has 2 heterocycles. The van der Waals surface area contributed by atoms with E-state index in [1.807, 2.05) is 30.3 Å². The molecule has 0 saturated carbocycles. The summed E-state index contributed by atoms with van der Waals surface area (Å²) >= 11 is 0. The van der Waals surface area contributed by atoms with E-state index < -0.39 is 5.97 Å². The van der Waals surface area contributed by atoms with Crippen LogP contribution in [0.5, 0.6) is 0 Å². The number of nitrogens with zero attached hydrogens (tertiary/aromatic N) is 2. The van der Waals surface area contributed by atoms with Crippen molar-refractivity contribution in [3.8, 4) is 17.3 Å². The zero-order valence-electron chi connectivity index (χ0n) is 13.0. The van der Waals surface area contributed by atoms with Crippen molar-refractivity contribution >= 4 is 11.9 Å². The second-order valence-corrected chi connectivity index (χ2v) is 5.76. The fraction of sp³-hybridized carbons (Fsp3) is 0.222. The number of pyridine rings is 1. The molecule has 1 aliphatic rings. The number of carboxylic acid groups (broad SMARTS) is 1. The normalized spacial score (nSPS) is 16.5. The van der Waals surface area contributed by atoms with Crippen LogP contribution in [0.4, 0.5) is 0 Å². The predicted molar refractivity (Wildman–Crippen MR) is 86.5 cm³/mol. The Labute approximate surface area is 138 Å². The molecular weight excluding hydrogens is 306 g/mol. The number of amides is 1. The molecule has 1 amide bonds. The second-order valence-electron chi connectivity index (χ2n) is 5.76. The summed E-state index contributed by atoms with van der Waals surface area (Å²) in [5, 5.41) is 21.3. The molecule has 2 N–H and O–H groups in total. The lowest BCUT2D eigenvalue weighted by molar-refractivity contribution is -0.119. The summed E-state index contributed by atoms with van der Waals surface area (Å²) < 4.78 is 0. The summed E-state index contributed by atoms with van der Waals surface area (Å²) in [5.74, 6) is -0.889. The number of aromatic carboxylic acids is 1. The Balaban J connectivity index is 1.97. The molecule has 1 aromatic heterocycles. The first-order valence-electron chi connectivity index (χ1n) is 7.51. The van der Waals surface area contributed by atoms with Gasteiger partial charge in [0.2, 0.25) is 5.91 Å². The van der Waals surface area contributed by atoms with Crippen LogP contribution >= 0.6 is 0 Å². The van der Waals surface area contributed by atoms with Crippen LogP contribution in [0.2, 0.25) is 0 Å². The third kappa shape index (κ3) is 2.84. The van der Waals surface area contributed by atoms with Crippen LogP contribution in [0.15, 0.2) is 30.3 Å². The van der Waals surface area contributed by atoms with E-state index in [0.29, 0.717) is 24.4 Å². The van der Waals surface area contributed by atoms with E-state index in [1.165, 1.54) is 6.07 Å². The molecular formula is C18H15N3O3. The smallest absolute Gasteiger partial charge is 0.337 e. The highest BCUT2D eigenvalue weighted by molar-refractivity contribution is 5.90. The molecule has 24 heavy (non-hydrogen) atoms. The number of aromatic nitrogens is 1. The molecule has 6 heteroatoms. The highest BCUT2D eigenvalue weighted by atomic mass is 16.4. The lowest BCUT2D eigenvalue weighted by atomic mass is 9.95. The molecule has 1 aliphatic heterocycles. The molecule has 0 aliphatic carbocycles. The first-order chi connectivity index (χ1) is 11.5. The number of hydrogen-bond donors (Lipinski definition) is 2. The Bertz CT molecular complexity index is 866. The Morgan fingerprint density at radius 3 is 2.62 bits per heavy atom. The van der Waals surface area contributed by atoms with Crippen LogP contribution in [-0.4, -0.2) is 28.5 Å². The Morgan fingerprint density at radius 1 is 1.38 bits per heavy atom. The fourth-order valence-corrected chi connectivity index (χ4v) is 2.88. The average Bonchev–Trinajstić information content (AvgIpc) is 3.01. The highest BCUT2D eigenvalue weighted by Crippen LogP contribution is 2.28. The molecule has 0 spiro atoms. The van der Waals surface area contributed by atoms with E-state index in [2.05, 4.69) is 10.3 Å². The van der Waals surface area contributed by atoms with Gasteiger partial charge in [-0.1, -0.05) is 24.3 Å². The van der Waals surface area contributed by atoms with Gasteiger partial charge in [-0.25, -0.2) is 4.79 Å². The molecule has 6 nitrogen and oxygen atoms in total. The molecule has 0 radical (unpaired) electrons. The molecule has 3 rings (SSSR count). The van der Waals surface area contributed by atoms with Crippen LogP contribution < -0.4 is 5.32 Å². The number of hydrogen-bond acceptors (Lipinski definition) is 4. The molecule has 1 aromatic carbocycles. The summed E-state index contributed by atoms with van der Waals surface area (Å²) in [4.78, 5) is 26.8. The number of nitriles is 1. The van der Waals surface area contributed by atoms with E-state index in [4.69, 9.17) is 5.11 Å². The van der Waals surface area contributed by atoms with Crippen LogP contribution in [0.3, 0.4) is 0 Å². The zero-order valence-corrected chi connectivity index (χ0v) is 13.0. The van der Waals surface area contributed by atoms with Crippen molar-refractivity contribution in [2.24, 2.45) is 0 Å². The summed E-state index contributed by atoms with van der Waals surface area (Å²) in [6.45, 7) is 2.24. The van der Waals surface area contributed by atoms with Crippen molar-refractivity contribution in [1.82, 2.24) is 10.3 Å². The maximum absolute atomic E-state index is 11.3. The number of carbonyl (C=O) groups is 2. The Morgan fingerprint density at radius 2 is 2.08 bits per heavy atom. The van der Waals surface area contributed by atoms with E-state index >= 15 is 0 Å². The molecule has 2 aromatic rings. The van der Waals surface area contributed by atoms with Gasteiger partial charge < -0.3 is 10.4 Å². The monoisotopic (exact) mass is 321 g/mol. The molecule has 1 fully saturated rings. The molecule has 1 saturated heterocycles. The van der Waals surface area contributed by atoms with Crippen LogP contribution in [0, 0.1) is 18.3 Å². The molecule has 1 unspecified atom stereocenters. The minimum absolute atomic E-state index is 0.0301. The van der Waals surface area contributed by atoms with Crippen molar-refractivity contribution in [3.63, 3.8) is 0 Å². The second kappa shape index (κ2) is 6.13. The zero-order chi connectivity index (χ0) is 17.3. The van der Waals surface area contributed by atoms with Crippen molar-refractivity contribution in [2.45, 2.75) is 19.3 Å². The van der Waals surface area contributed by atoms with Crippen LogP contribution in [0.25, 0.3) is 11.3 Å². The molecule has 0 bridgehead atoms. The van der Waals surface area contributed by atoms with E-state index in [-0.39, 0.29) is 23.0 Å². The first-order valence-corrected chi connectivity index (χ1v) is 7.51. The van der Waals surface area contributed by atoms with Gasteiger partial charge in [0.15, 0.2) is 0 Å². The summed E-state index contributed by atoms with van der Waals surface area (Å²) in [6, 6.07) is 10.9. The number of carboxylic acids is 1. The van der Waals surface area contributed by atoms with E-state index in [1.54, 1.807) is 6.92 Å². The average molecular weight is 321 g/mol. The van der Waals surface area contributed by atoms with Gasteiger partial charge in [-0.3, -0.25) is 9.78 Å². The summed E-state index contributed by atoms with van der Waals surface area (Å²) in [7, 11) is 0. The van der Waals surface area contributed by atoms with Gasteiger partial charge in [-0.15, -0.1) is 0 Å². The SMILES string of the molecule is Cc1nc(-c2ccc(C3CNC(=O)C3)cc2)c(C#N)cc1C(=O)O. The van der Waals surface area contributed by atoms with Gasteiger partial charge in [-0.2, -0.15) is 5.26 Å². The largest absolute Gasteiger partial charge is 0.478 e. The summed E-state index contributed by atoms with van der Waals surface area (Å²) in [5.41, 5.74) is 2.88. The number of rotatable bonds is 3. The lowest BCUT2D eigenvalue weighted by Gasteiger charge is -2.11. The minimum Gasteiger partial charge on any atom is -0.478 e. The molecule has 1 atom stereocenters. The maximum atomic E-state index is 11.3. The van der Waals surface area contributed by atoms with E-state index in [0.717, 1.165) is 11.1 Å². The van der Waals surface area contributed by atoms with Crippen molar-refractivity contribution in [3.05, 3.63) is 52.7 Å². The van der Waals surface area contributed by atoms with Gasteiger partial charge in [0, 0.05) is 24.4 Å². The fourth-order valence-electron chi connectivity index (χ4n) is 2.88. The van der Waals surface area contributed by atoms with Gasteiger partial charge in [-0.05, 0) is 18.6 Å². The van der Waals surface area contributed by atoms with Gasteiger partial charge in [0.1, 0.15) is 6.07 Å². The van der Waals surface area contributed by atoms with Gasteiger partial charge in [0.25, 0.3) is 0 Å². The third-order valence-electron chi connectivity index (χ3n) is 4.20. The number of aryl methyl sites for hydroxylation is 1. The quantitative estimate of drug-likeness (QED) is 0.902. The van der Waals surface area contributed by atoms with E-state index in [9.17, 15) is 14.9 Å². The highest BCUT2D eigenvalue weighted by Gasteiger charge is 2.23. The first kappa shape index (κ1) is 15.7. The third-order valence-corrected chi connectivity index (χ3v) is 4.20. The number of nitrogens with one attached hydrogen (secondary N) is 1. The lowest BCUT2D eigenvalue weighted by Crippen LogP contribution is -2.13.